The second kappa shape index (κ2) is 13.4. The van der Waals surface area contributed by atoms with Crippen molar-refractivity contribution in [1.82, 2.24) is 15.1 Å². The zero-order valence-corrected chi connectivity index (χ0v) is 23.2. The van der Waals surface area contributed by atoms with Crippen LogP contribution in [0, 0.1) is 22.7 Å². The van der Waals surface area contributed by atoms with Gasteiger partial charge in [-0.2, -0.15) is 10.5 Å². The molecular weight excluding hydrogens is 502 g/mol. The maximum atomic E-state index is 13.1. The van der Waals surface area contributed by atoms with Crippen LogP contribution in [0.4, 0.5) is 0 Å². The smallest absolute Gasteiger partial charge is 0.255 e. The molecule has 0 aromatic heterocycles. The van der Waals surface area contributed by atoms with Crippen LogP contribution in [0.25, 0.3) is 0 Å². The largest absolute Gasteiger partial charge is 0.357 e. The highest BCUT2D eigenvalue weighted by Crippen LogP contribution is 2.35. The number of hydrogen-bond donors (Lipinski definition) is 1. The average Bonchev–Trinajstić information content (AvgIpc) is 3.34. The van der Waals surface area contributed by atoms with Crippen molar-refractivity contribution >= 4 is 18.1 Å². The number of likely N-dealkylation sites (tertiary alicyclic amines) is 1. The van der Waals surface area contributed by atoms with Gasteiger partial charge in [-0.05, 0) is 93.0 Å². The lowest BCUT2D eigenvalue weighted by Crippen LogP contribution is -2.46. The summed E-state index contributed by atoms with van der Waals surface area (Å²) >= 11 is 0. The number of hydrogen-bond acceptors (Lipinski definition) is 6. The number of aldehydes is 1. The molecule has 0 radical (unpaired) electrons. The Kier molecular flexibility index (Phi) is 9.69. The molecule has 0 saturated carbocycles. The van der Waals surface area contributed by atoms with Crippen LogP contribution < -0.4 is 5.32 Å². The van der Waals surface area contributed by atoms with Crippen LogP contribution in [0.5, 0.6) is 0 Å². The number of benzene rings is 2. The zero-order valence-electron chi connectivity index (χ0n) is 23.2. The standard InChI is InChI=1S/C32H37N5O3/c1-35-30(39)29(10-6-20-38)37-22-28-25(8-5-9-27(28)31(37)40)7-3-2-4-17-36-18-15-32(23-34,16-19-36)26-13-11-24(21-33)12-14-26/h5,8-9,11-14,20,29H,2-4,6-7,10,15-19,22H2,1H3,(H,35,39). The van der Waals surface area contributed by atoms with Crippen molar-refractivity contribution in [3.63, 3.8) is 0 Å². The first kappa shape index (κ1) is 29.0. The van der Waals surface area contributed by atoms with Crippen LogP contribution in [0.15, 0.2) is 42.5 Å². The SMILES string of the molecule is CNC(=O)C(CCC=O)N1Cc2c(CCCCCN3CCC(C#N)(c4ccc(C#N)cc4)CC3)cccc2C1=O. The lowest BCUT2D eigenvalue weighted by Gasteiger charge is -2.37. The molecule has 8 nitrogen and oxygen atoms in total. The molecule has 2 heterocycles. The van der Waals surface area contributed by atoms with Gasteiger partial charge in [0.05, 0.1) is 23.1 Å². The highest BCUT2D eigenvalue weighted by Gasteiger charge is 2.37. The van der Waals surface area contributed by atoms with Gasteiger partial charge in [0.25, 0.3) is 5.91 Å². The number of fused-ring (bicyclic) bond motifs is 1. The van der Waals surface area contributed by atoms with Gasteiger partial charge < -0.3 is 19.9 Å². The van der Waals surface area contributed by atoms with Gasteiger partial charge in [-0.1, -0.05) is 30.7 Å². The average molecular weight is 540 g/mol. The topological polar surface area (TPSA) is 117 Å². The number of aryl methyl sites for hydroxylation is 1. The number of unbranched alkanes of at least 4 members (excludes halogenated alkanes) is 2. The van der Waals surface area contributed by atoms with Crippen LogP contribution in [-0.2, 0) is 28.0 Å². The quantitative estimate of drug-likeness (QED) is 0.323. The van der Waals surface area contributed by atoms with Crippen molar-refractivity contribution in [1.29, 1.82) is 10.5 Å². The van der Waals surface area contributed by atoms with Gasteiger partial charge in [-0.25, -0.2) is 0 Å². The number of nitrogens with one attached hydrogen (secondary N) is 1. The number of nitrogens with zero attached hydrogens (tertiary/aromatic N) is 4. The summed E-state index contributed by atoms with van der Waals surface area (Å²) in [5, 5.41) is 21.7. The molecule has 2 aliphatic rings. The first-order chi connectivity index (χ1) is 19.5. The number of carbonyl (C=O) groups is 3. The molecule has 1 saturated heterocycles. The molecule has 1 fully saturated rings. The Morgan fingerprint density at radius 1 is 1.10 bits per heavy atom. The first-order valence-corrected chi connectivity index (χ1v) is 14.2. The van der Waals surface area contributed by atoms with Crippen LogP contribution in [0.3, 0.4) is 0 Å². The monoisotopic (exact) mass is 539 g/mol. The minimum atomic E-state index is -0.649. The van der Waals surface area contributed by atoms with Gasteiger partial charge in [0.15, 0.2) is 0 Å². The highest BCUT2D eigenvalue weighted by molar-refractivity contribution is 6.01. The van der Waals surface area contributed by atoms with E-state index in [-0.39, 0.29) is 18.2 Å². The summed E-state index contributed by atoms with van der Waals surface area (Å²) in [6.07, 6.45) is 6.94. The molecule has 208 valence electrons. The van der Waals surface area contributed by atoms with Crippen LogP contribution in [0.2, 0.25) is 0 Å². The number of amides is 2. The third kappa shape index (κ3) is 6.24. The molecule has 0 spiro atoms. The van der Waals surface area contributed by atoms with E-state index in [2.05, 4.69) is 28.4 Å². The number of nitriles is 2. The van der Waals surface area contributed by atoms with E-state index in [0.717, 1.165) is 81.1 Å². The predicted octanol–water partition coefficient (Wildman–Crippen LogP) is 3.88. The van der Waals surface area contributed by atoms with E-state index in [4.69, 9.17) is 5.26 Å². The van der Waals surface area contributed by atoms with Gasteiger partial charge in [0.1, 0.15) is 12.3 Å². The molecule has 1 unspecified atom stereocenters. The third-order valence-corrected chi connectivity index (χ3v) is 8.49. The van der Waals surface area contributed by atoms with Gasteiger partial charge >= 0.3 is 0 Å². The van der Waals surface area contributed by atoms with E-state index < -0.39 is 11.5 Å². The second-order valence-corrected chi connectivity index (χ2v) is 10.8. The molecule has 4 rings (SSSR count). The predicted molar refractivity (Wildman–Crippen MR) is 151 cm³/mol. The number of rotatable bonds is 12. The van der Waals surface area contributed by atoms with E-state index >= 15 is 0 Å². The molecule has 0 aliphatic carbocycles. The fourth-order valence-corrected chi connectivity index (χ4v) is 6.04. The summed E-state index contributed by atoms with van der Waals surface area (Å²) in [6, 6.07) is 17.3. The Bertz CT molecular complexity index is 1300. The van der Waals surface area contributed by atoms with Crippen molar-refractivity contribution in [3.8, 4) is 12.1 Å². The molecule has 2 aliphatic heterocycles. The number of likely N-dealkylation sites (N-methyl/N-ethyl adjacent to an activating group) is 1. The van der Waals surface area contributed by atoms with Crippen LogP contribution >= 0.6 is 0 Å². The van der Waals surface area contributed by atoms with E-state index in [1.807, 2.05) is 24.3 Å². The van der Waals surface area contributed by atoms with Crippen LogP contribution in [0.1, 0.15) is 77.6 Å². The molecule has 1 atom stereocenters. The van der Waals surface area contributed by atoms with E-state index in [1.54, 1.807) is 24.1 Å². The third-order valence-electron chi connectivity index (χ3n) is 8.49. The van der Waals surface area contributed by atoms with Crippen molar-refractivity contribution in [2.75, 3.05) is 26.7 Å². The minimum Gasteiger partial charge on any atom is -0.357 e. The number of piperidine rings is 1. The fraction of sp³-hybridized carbons (Fsp3) is 0.469. The Balaban J connectivity index is 1.26. The van der Waals surface area contributed by atoms with E-state index in [0.29, 0.717) is 24.1 Å². The lowest BCUT2D eigenvalue weighted by atomic mass is 9.74. The van der Waals surface area contributed by atoms with Crippen molar-refractivity contribution < 1.29 is 14.4 Å². The van der Waals surface area contributed by atoms with E-state index in [1.165, 1.54) is 0 Å². The number of carbonyl (C=O) groups excluding carboxylic acids is 3. The van der Waals surface area contributed by atoms with Crippen molar-refractivity contribution in [2.45, 2.75) is 69.4 Å². The second-order valence-electron chi connectivity index (χ2n) is 10.8. The van der Waals surface area contributed by atoms with E-state index in [9.17, 15) is 19.6 Å². The van der Waals surface area contributed by atoms with Crippen molar-refractivity contribution in [2.24, 2.45) is 0 Å². The molecular formula is C32H37N5O3. The highest BCUT2D eigenvalue weighted by atomic mass is 16.2. The molecule has 2 aromatic rings. The molecule has 1 N–H and O–H groups in total. The van der Waals surface area contributed by atoms with Gasteiger partial charge in [-0.15, -0.1) is 0 Å². The fourth-order valence-electron chi connectivity index (χ4n) is 6.04. The summed E-state index contributed by atoms with van der Waals surface area (Å²) in [5.74, 6) is -0.387. The Labute approximate surface area is 236 Å². The van der Waals surface area contributed by atoms with Gasteiger partial charge in [-0.3, -0.25) is 9.59 Å². The maximum Gasteiger partial charge on any atom is 0.255 e. The summed E-state index contributed by atoms with van der Waals surface area (Å²) in [7, 11) is 1.55. The zero-order chi connectivity index (χ0) is 28.5. The normalized spacial score (nSPS) is 17.0. The van der Waals surface area contributed by atoms with Gasteiger partial charge in [0.2, 0.25) is 5.91 Å². The summed E-state index contributed by atoms with van der Waals surface area (Å²) in [5.41, 5.74) is 3.95. The summed E-state index contributed by atoms with van der Waals surface area (Å²) < 4.78 is 0. The Morgan fingerprint density at radius 2 is 1.85 bits per heavy atom. The summed E-state index contributed by atoms with van der Waals surface area (Å²) in [4.78, 5) is 40.6. The molecule has 40 heavy (non-hydrogen) atoms. The molecule has 8 heteroatoms. The summed E-state index contributed by atoms with van der Waals surface area (Å²) in [6.45, 7) is 3.16. The van der Waals surface area contributed by atoms with Crippen molar-refractivity contribution in [3.05, 3.63) is 70.3 Å². The van der Waals surface area contributed by atoms with Crippen LogP contribution in [-0.4, -0.2) is 60.6 Å². The Morgan fingerprint density at radius 3 is 2.50 bits per heavy atom. The van der Waals surface area contributed by atoms with Gasteiger partial charge in [0, 0.05) is 25.6 Å². The lowest BCUT2D eigenvalue weighted by molar-refractivity contribution is -0.125. The minimum absolute atomic E-state index is 0.143. The Hall–Kier alpha value is -4.01. The molecule has 2 amide bonds. The maximum absolute atomic E-state index is 13.1. The molecule has 2 aromatic carbocycles. The molecule has 0 bridgehead atoms. The first-order valence-electron chi connectivity index (χ1n) is 14.2.